The van der Waals surface area contributed by atoms with E-state index in [1.54, 1.807) is 13.0 Å². The molecule has 0 atom stereocenters. The predicted molar refractivity (Wildman–Crippen MR) is 102 cm³/mol. The first-order valence-electron chi connectivity index (χ1n) is 9.15. The van der Waals surface area contributed by atoms with E-state index in [9.17, 15) is 9.59 Å². The van der Waals surface area contributed by atoms with Gasteiger partial charge in [-0.1, -0.05) is 30.3 Å². The number of benzene rings is 1. The van der Waals surface area contributed by atoms with Gasteiger partial charge in [0.15, 0.2) is 0 Å². The lowest BCUT2D eigenvalue weighted by atomic mass is 9.91. The number of aryl methyl sites for hydroxylation is 2. The summed E-state index contributed by atoms with van der Waals surface area (Å²) in [5, 5.41) is 0. The van der Waals surface area contributed by atoms with Gasteiger partial charge in [0.2, 0.25) is 0 Å². The van der Waals surface area contributed by atoms with Crippen LogP contribution in [0.1, 0.15) is 39.7 Å². The van der Waals surface area contributed by atoms with E-state index in [1.807, 2.05) is 25.1 Å². The highest BCUT2D eigenvalue weighted by atomic mass is 16.5. The molecule has 1 aliphatic rings. The van der Waals surface area contributed by atoms with Crippen molar-refractivity contribution >= 4 is 5.97 Å². The molecule has 0 amide bonds. The lowest BCUT2D eigenvalue weighted by molar-refractivity contribution is 0.0521. The Labute approximate surface area is 157 Å². The van der Waals surface area contributed by atoms with Gasteiger partial charge < -0.3 is 13.7 Å². The summed E-state index contributed by atoms with van der Waals surface area (Å²) >= 11 is 0. The zero-order valence-electron chi connectivity index (χ0n) is 15.5. The van der Waals surface area contributed by atoms with E-state index in [1.165, 1.54) is 11.1 Å². The van der Waals surface area contributed by atoms with Gasteiger partial charge in [0.1, 0.15) is 11.3 Å². The van der Waals surface area contributed by atoms with Crippen LogP contribution in [0.3, 0.4) is 0 Å². The van der Waals surface area contributed by atoms with Gasteiger partial charge in [0, 0.05) is 24.0 Å². The number of esters is 1. The fraction of sp³-hybridized carbons (Fsp3) is 0.273. The Morgan fingerprint density at radius 1 is 1.19 bits per heavy atom. The fourth-order valence-corrected chi connectivity index (χ4v) is 3.70. The summed E-state index contributed by atoms with van der Waals surface area (Å²) in [6.45, 7) is 4.74. The van der Waals surface area contributed by atoms with Crippen molar-refractivity contribution in [1.29, 1.82) is 0 Å². The molecule has 0 radical (unpaired) electrons. The quantitative estimate of drug-likeness (QED) is 0.663. The summed E-state index contributed by atoms with van der Waals surface area (Å²) < 4.78 is 12.7. The topological polar surface area (TPSA) is 61.4 Å². The average molecular weight is 363 g/mol. The third kappa shape index (κ3) is 3.10. The van der Waals surface area contributed by atoms with E-state index in [2.05, 4.69) is 22.9 Å². The van der Waals surface area contributed by atoms with Crippen LogP contribution in [0.2, 0.25) is 0 Å². The van der Waals surface area contributed by atoms with Gasteiger partial charge in [-0.3, -0.25) is 0 Å². The van der Waals surface area contributed by atoms with Gasteiger partial charge in [0.05, 0.1) is 6.61 Å². The molecule has 0 saturated heterocycles. The monoisotopic (exact) mass is 363 g/mol. The first-order valence-corrected chi connectivity index (χ1v) is 9.15. The zero-order chi connectivity index (χ0) is 19.0. The SMILES string of the molecule is CCOC(=O)c1cc2c(oc1=O)-c1c(cn(Cc3ccccc3)c1C)CC2. The smallest absolute Gasteiger partial charge is 0.351 e. The maximum atomic E-state index is 12.4. The molecule has 5 nitrogen and oxygen atoms in total. The molecule has 0 unspecified atom stereocenters. The van der Waals surface area contributed by atoms with Crippen LogP contribution in [0.25, 0.3) is 11.3 Å². The molecule has 0 aliphatic heterocycles. The van der Waals surface area contributed by atoms with Crippen LogP contribution in [-0.2, 0) is 24.1 Å². The summed E-state index contributed by atoms with van der Waals surface area (Å²) in [7, 11) is 0. The van der Waals surface area contributed by atoms with Crippen molar-refractivity contribution in [2.75, 3.05) is 6.61 Å². The molecule has 0 N–H and O–H groups in total. The van der Waals surface area contributed by atoms with Gasteiger partial charge in [-0.2, -0.15) is 0 Å². The van der Waals surface area contributed by atoms with Crippen molar-refractivity contribution in [3.05, 3.63) is 81.0 Å². The zero-order valence-corrected chi connectivity index (χ0v) is 15.5. The summed E-state index contributed by atoms with van der Waals surface area (Å²) in [5.74, 6) is -0.0446. The van der Waals surface area contributed by atoms with Crippen molar-refractivity contribution in [2.45, 2.75) is 33.2 Å². The summed E-state index contributed by atoms with van der Waals surface area (Å²) in [4.78, 5) is 24.3. The van der Waals surface area contributed by atoms with Crippen LogP contribution >= 0.6 is 0 Å². The average Bonchev–Trinajstić information content (AvgIpc) is 2.98. The normalized spacial score (nSPS) is 12.4. The highest BCUT2D eigenvalue weighted by Crippen LogP contribution is 2.37. The second-order valence-corrected chi connectivity index (χ2v) is 6.75. The number of ether oxygens (including phenoxy) is 1. The van der Waals surface area contributed by atoms with Crippen LogP contribution < -0.4 is 5.63 Å². The Bertz CT molecular complexity index is 1060. The molecular weight excluding hydrogens is 342 g/mol. The number of aromatic nitrogens is 1. The second-order valence-electron chi connectivity index (χ2n) is 6.75. The molecule has 0 fully saturated rings. The molecule has 0 spiro atoms. The Morgan fingerprint density at radius 3 is 2.67 bits per heavy atom. The molecule has 1 aromatic carbocycles. The predicted octanol–water partition coefficient (Wildman–Crippen LogP) is 3.74. The Balaban J connectivity index is 1.76. The number of rotatable bonds is 4. The molecule has 0 bridgehead atoms. The van der Waals surface area contributed by atoms with E-state index in [0.717, 1.165) is 36.2 Å². The summed E-state index contributed by atoms with van der Waals surface area (Å²) in [6, 6.07) is 11.9. The maximum Gasteiger partial charge on any atom is 0.351 e. The Kier molecular flexibility index (Phi) is 4.44. The number of hydrogen-bond acceptors (Lipinski definition) is 4. The lowest BCUT2D eigenvalue weighted by Crippen LogP contribution is -2.19. The second kappa shape index (κ2) is 6.91. The number of nitrogens with zero attached hydrogens (tertiary/aromatic N) is 1. The molecule has 5 heteroatoms. The maximum absolute atomic E-state index is 12.4. The molecule has 3 aromatic rings. The van der Waals surface area contributed by atoms with Crippen molar-refractivity contribution < 1.29 is 13.9 Å². The van der Waals surface area contributed by atoms with Crippen molar-refractivity contribution in [3.63, 3.8) is 0 Å². The van der Waals surface area contributed by atoms with Gasteiger partial charge >= 0.3 is 11.6 Å². The van der Waals surface area contributed by atoms with Crippen LogP contribution in [-0.4, -0.2) is 17.1 Å². The number of fused-ring (bicyclic) bond motifs is 3. The van der Waals surface area contributed by atoms with E-state index in [4.69, 9.17) is 9.15 Å². The summed E-state index contributed by atoms with van der Waals surface area (Å²) in [6.07, 6.45) is 3.72. The third-order valence-corrected chi connectivity index (χ3v) is 5.03. The van der Waals surface area contributed by atoms with Crippen LogP contribution in [0.15, 0.2) is 51.8 Å². The molecular formula is C22H21NO4. The standard InChI is InChI=1S/C22H21NO4/c1-3-26-21(24)18-11-16-9-10-17-13-23(12-15-7-5-4-6-8-15)14(2)19(17)20(16)27-22(18)25/h4-8,11,13H,3,9-10,12H2,1-2H3. The van der Waals surface area contributed by atoms with Gasteiger partial charge in [-0.05, 0) is 49.4 Å². The first kappa shape index (κ1) is 17.3. The van der Waals surface area contributed by atoms with Crippen molar-refractivity contribution in [1.82, 2.24) is 4.57 Å². The fourth-order valence-electron chi connectivity index (χ4n) is 3.70. The van der Waals surface area contributed by atoms with E-state index < -0.39 is 11.6 Å². The van der Waals surface area contributed by atoms with Gasteiger partial charge in [0.25, 0.3) is 0 Å². The summed E-state index contributed by atoms with van der Waals surface area (Å²) in [5.41, 5.74) is 4.62. The van der Waals surface area contributed by atoms with E-state index >= 15 is 0 Å². The van der Waals surface area contributed by atoms with Crippen LogP contribution in [0, 0.1) is 6.92 Å². The van der Waals surface area contributed by atoms with E-state index in [-0.39, 0.29) is 12.2 Å². The minimum absolute atomic E-state index is 0.0274. The highest BCUT2D eigenvalue weighted by Gasteiger charge is 2.27. The van der Waals surface area contributed by atoms with E-state index in [0.29, 0.717) is 5.76 Å². The molecule has 1 aliphatic carbocycles. The minimum atomic E-state index is -0.643. The number of carbonyl (C=O) groups excluding carboxylic acids is 1. The van der Waals surface area contributed by atoms with Gasteiger partial charge in [-0.25, -0.2) is 9.59 Å². The van der Waals surface area contributed by atoms with Crippen LogP contribution in [0.5, 0.6) is 0 Å². The minimum Gasteiger partial charge on any atom is -0.462 e. The Hall–Kier alpha value is -3.08. The molecule has 2 aromatic heterocycles. The number of carbonyl (C=O) groups is 1. The van der Waals surface area contributed by atoms with Crippen LogP contribution in [0.4, 0.5) is 0 Å². The molecule has 0 saturated carbocycles. The highest BCUT2D eigenvalue weighted by molar-refractivity contribution is 5.89. The molecule has 2 heterocycles. The lowest BCUT2D eigenvalue weighted by Gasteiger charge is -2.16. The number of hydrogen-bond donors (Lipinski definition) is 0. The Morgan fingerprint density at radius 2 is 1.93 bits per heavy atom. The largest absolute Gasteiger partial charge is 0.462 e. The third-order valence-electron chi connectivity index (χ3n) is 5.03. The van der Waals surface area contributed by atoms with Crippen molar-refractivity contribution in [3.8, 4) is 11.3 Å². The molecule has 4 rings (SSSR count). The molecule has 138 valence electrons. The van der Waals surface area contributed by atoms with Gasteiger partial charge in [-0.15, -0.1) is 0 Å². The molecule has 27 heavy (non-hydrogen) atoms. The van der Waals surface area contributed by atoms with Crippen molar-refractivity contribution in [2.24, 2.45) is 0 Å². The first-order chi connectivity index (χ1) is 13.1.